The van der Waals surface area contributed by atoms with Crippen molar-refractivity contribution in [2.75, 3.05) is 25.4 Å². The Bertz CT molecular complexity index is 570. The highest BCUT2D eigenvalue weighted by molar-refractivity contribution is 7.89. The molecular weight excluding hydrogens is 276 g/mol. The first kappa shape index (κ1) is 15.3. The average molecular weight is 298 g/mol. The minimum absolute atomic E-state index is 0.00936. The van der Waals surface area contributed by atoms with Crippen LogP contribution in [-0.4, -0.2) is 38.5 Å². The molecule has 20 heavy (non-hydrogen) atoms. The molecule has 1 aromatic rings. The van der Waals surface area contributed by atoms with Gasteiger partial charge in [-0.1, -0.05) is 6.07 Å². The van der Waals surface area contributed by atoms with Crippen LogP contribution in [0, 0.1) is 6.92 Å². The quantitative estimate of drug-likeness (QED) is 0.860. The number of anilines is 1. The predicted octanol–water partition coefficient (Wildman–Crippen LogP) is 1.77. The van der Waals surface area contributed by atoms with Crippen LogP contribution < -0.4 is 5.73 Å². The molecule has 1 unspecified atom stereocenters. The summed E-state index contributed by atoms with van der Waals surface area (Å²) in [6.45, 7) is 5.24. The van der Waals surface area contributed by atoms with Gasteiger partial charge in [0.1, 0.15) is 0 Å². The summed E-state index contributed by atoms with van der Waals surface area (Å²) >= 11 is 0. The SMILES string of the molecule is CCOC1CCCN(S(=O)(=O)c2cccc(N)c2C)C1. The van der Waals surface area contributed by atoms with Crippen LogP contribution in [0.5, 0.6) is 0 Å². The number of nitrogen functional groups attached to an aromatic ring is 1. The number of nitrogens with two attached hydrogens (primary N) is 1. The van der Waals surface area contributed by atoms with Gasteiger partial charge in [0.25, 0.3) is 0 Å². The summed E-state index contributed by atoms with van der Waals surface area (Å²) < 4.78 is 32.5. The maximum atomic E-state index is 12.7. The lowest BCUT2D eigenvalue weighted by Crippen LogP contribution is -2.43. The average Bonchev–Trinajstić information content (AvgIpc) is 2.42. The molecule has 1 heterocycles. The van der Waals surface area contributed by atoms with Crippen LogP contribution >= 0.6 is 0 Å². The van der Waals surface area contributed by atoms with Crippen molar-refractivity contribution in [3.8, 4) is 0 Å². The van der Waals surface area contributed by atoms with Gasteiger partial charge in [-0.15, -0.1) is 0 Å². The van der Waals surface area contributed by atoms with Crippen molar-refractivity contribution in [2.24, 2.45) is 0 Å². The number of hydrogen-bond acceptors (Lipinski definition) is 4. The molecule has 0 amide bonds. The molecule has 0 saturated carbocycles. The lowest BCUT2D eigenvalue weighted by atomic mass is 10.1. The Kier molecular flexibility index (Phi) is 4.67. The molecule has 5 nitrogen and oxygen atoms in total. The second-order valence-electron chi connectivity index (χ2n) is 5.05. The van der Waals surface area contributed by atoms with E-state index in [9.17, 15) is 8.42 Å². The molecule has 1 aliphatic rings. The van der Waals surface area contributed by atoms with Gasteiger partial charge in [-0.2, -0.15) is 4.31 Å². The summed E-state index contributed by atoms with van der Waals surface area (Å²) in [6.07, 6.45) is 1.73. The molecule has 0 radical (unpaired) electrons. The van der Waals surface area contributed by atoms with E-state index in [1.165, 1.54) is 4.31 Å². The van der Waals surface area contributed by atoms with Crippen molar-refractivity contribution in [1.82, 2.24) is 4.31 Å². The molecule has 0 aromatic heterocycles. The van der Waals surface area contributed by atoms with Gasteiger partial charge in [0.05, 0.1) is 11.0 Å². The van der Waals surface area contributed by atoms with Crippen LogP contribution in [0.2, 0.25) is 0 Å². The maximum Gasteiger partial charge on any atom is 0.243 e. The van der Waals surface area contributed by atoms with Gasteiger partial charge in [0.2, 0.25) is 10.0 Å². The third kappa shape index (κ3) is 2.97. The molecule has 1 saturated heterocycles. The zero-order valence-electron chi connectivity index (χ0n) is 12.0. The van der Waals surface area contributed by atoms with Crippen LogP contribution in [0.3, 0.4) is 0 Å². The van der Waals surface area contributed by atoms with E-state index < -0.39 is 10.0 Å². The first-order valence-electron chi connectivity index (χ1n) is 6.93. The summed E-state index contributed by atoms with van der Waals surface area (Å²) in [7, 11) is -3.49. The molecule has 0 aliphatic carbocycles. The van der Waals surface area contributed by atoms with Crippen molar-refractivity contribution in [3.05, 3.63) is 23.8 Å². The fourth-order valence-electron chi connectivity index (χ4n) is 2.55. The van der Waals surface area contributed by atoms with E-state index in [1.807, 2.05) is 6.92 Å². The van der Waals surface area contributed by atoms with E-state index in [4.69, 9.17) is 10.5 Å². The van der Waals surface area contributed by atoms with Gasteiger partial charge in [-0.25, -0.2) is 8.42 Å². The minimum Gasteiger partial charge on any atom is -0.398 e. The zero-order chi connectivity index (χ0) is 14.8. The van der Waals surface area contributed by atoms with E-state index in [0.29, 0.717) is 35.8 Å². The molecule has 2 rings (SSSR count). The lowest BCUT2D eigenvalue weighted by Gasteiger charge is -2.32. The standard InChI is InChI=1S/C14H22N2O3S/c1-3-19-12-6-5-9-16(10-12)20(17,18)14-8-4-7-13(15)11(14)2/h4,7-8,12H,3,5-6,9-10,15H2,1-2H3. The predicted molar refractivity (Wildman–Crippen MR) is 79.0 cm³/mol. The molecule has 0 spiro atoms. The Labute approximate surface area is 120 Å². The van der Waals surface area contributed by atoms with E-state index in [0.717, 1.165) is 12.8 Å². The van der Waals surface area contributed by atoms with Crippen LogP contribution in [0.25, 0.3) is 0 Å². The molecule has 1 aliphatic heterocycles. The lowest BCUT2D eigenvalue weighted by molar-refractivity contribution is 0.0265. The largest absolute Gasteiger partial charge is 0.398 e. The summed E-state index contributed by atoms with van der Waals surface area (Å²) in [4.78, 5) is 0.301. The Hall–Kier alpha value is -1.11. The fourth-order valence-corrected chi connectivity index (χ4v) is 4.31. The number of nitrogens with zero attached hydrogens (tertiary/aromatic N) is 1. The number of ether oxygens (including phenoxy) is 1. The smallest absolute Gasteiger partial charge is 0.243 e. The van der Waals surface area contributed by atoms with E-state index in [2.05, 4.69) is 0 Å². The fraction of sp³-hybridized carbons (Fsp3) is 0.571. The first-order chi connectivity index (χ1) is 9.46. The third-order valence-electron chi connectivity index (χ3n) is 3.69. The Morgan fingerprint density at radius 3 is 2.90 bits per heavy atom. The van der Waals surface area contributed by atoms with Gasteiger partial charge >= 0.3 is 0 Å². The molecule has 1 aromatic carbocycles. The molecular formula is C14H22N2O3S. The molecule has 112 valence electrons. The Morgan fingerprint density at radius 2 is 2.20 bits per heavy atom. The number of benzene rings is 1. The zero-order valence-corrected chi connectivity index (χ0v) is 12.8. The van der Waals surface area contributed by atoms with Gasteiger partial charge < -0.3 is 10.5 Å². The van der Waals surface area contributed by atoms with Gasteiger partial charge in [-0.3, -0.25) is 0 Å². The van der Waals surface area contributed by atoms with E-state index in [1.54, 1.807) is 25.1 Å². The highest BCUT2D eigenvalue weighted by Gasteiger charge is 2.31. The van der Waals surface area contributed by atoms with Crippen LogP contribution in [0.15, 0.2) is 23.1 Å². The van der Waals surface area contributed by atoms with Crippen molar-refractivity contribution >= 4 is 15.7 Å². The Balaban J connectivity index is 2.28. The van der Waals surface area contributed by atoms with Crippen molar-refractivity contribution in [3.63, 3.8) is 0 Å². The van der Waals surface area contributed by atoms with Gasteiger partial charge in [0, 0.05) is 25.4 Å². The van der Waals surface area contributed by atoms with E-state index in [-0.39, 0.29) is 6.10 Å². The second-order valence-corrected chi connectivity index (χ2v) is 6.96. The summed E-state index contributed by atoms with van der Waals surface area (Å²) in [5.41, 5.74) is 6.94. The van der Waals surface area contributed by atoms with Crippen molar-refractivity contribution in [1.29, 1.82) is 0 Å². The highest BCUT2D eigenvalue weighted by Crippen LogP contribution is 2.26. The molecule has 1 atom stereocenters. The summed E-state index contributed by atoms with van der Waals surface area (Å²) in [5.74, 6) is 0. The third-order valence-corrected chi connectivity index (χ3v) is 5.70. The number of hydrogen-bond donors (Lipinski definition) is 1. The maximum absolute atomic E-state index is 12.7. The molecule has 1 fully saturated rings. The normalized spacial score (nSPS) is 21.0. The van der Waals surface area contributed by atoms with Crippen LogP contribution in [0.4, 0.5) is 5.69 Å². The molecule has 0 bridgehead atoms. The van der Waals surface area contributed by atoms with Gasteiger partial charge in [-0.05, 0) is 44.4 Å². The number of piperidine rings is 1. The molecule has 2 N–H and O–H groups in total. The summed E-state index contributed by atoms with van der Waals surface area (Å²) in [6, 6.07) is 5.01. The highest BCUT2D eigenvalue weighted by atomic mass is 32.2. The minimum atomic E-state index is -3.49. The van der Waals surface area contributed by atoms with Crippen molar-refractivity contribution < 1.29 is 13.2 Å². The van der Waals surface area contributed by atoms with Gasteiger partial charge in [0.15, 0.2) is 0 Å². The van der Waals surface area contributed by atoms with Crippen LogP contribution in [-0.2, 0) is 14.8 Å². The van der Waals surface area contributed by atoms with Crippen molar-refractivity contribution in [2.45, 2.75) is 37.7 Å². The Morgan fingerprint density at radius 1 is 1.45 bits per heavy atom. The first-order valence-corrected chi connectivity index (χ1v) is 8.37. The van der Waals surface area contributed by atoms with E-state index >= 15 is 0 Å². The monoisotopic (exact) mass is 298 g/mol. The topological polar surface area (TPSA) is 72.6 Å². The number of sulfonamides is 1. The number of rotatable bonds is 4. The second kappa shape index (κ2) is 6.11. The molecule has 6 heteroatoms. The van der Waals surface area contributed by atoms with Crippen LogP contribution in [0.1, 0.15) is 25.3 Å². The summed E-state index contributed by atoms with van der Waals surface area (Å²) in [5, 5.41) is 0.